The third-order valence-electron chi connectivity index (χ3n) is 2.75. The van der Waals surface area contributed by atoms with Gasteiger partial charge in [-0.3, -0.25) is 0 Å². The van der Waals surface area contributed by atoms with Gasteiger partial charge in [0.05, 0.1) is 7.11 Å². The average Bonchev–Trinajstić information content (AvgIpc) is 2.41. The molecule has 2 aromatic rings. The molecule has 0 heterocycles. The molecule has 100 valence electrons. The number of ether oxygens (including phenoxy) is 2. The van der Waals surface area contributed by atoms with Crippen LogP contribution in [0, 0.1) is 5.82 Å². The van der Waals surface area contributed by atoms with Crippen LogP contribution in [0.3, 0.4) is 0 Å². The highest BCUT2D eigenvalue weighted by Crippen LogP contribution is 2.30. The highest BCUT2D eigenvalue weighted by atomic mass is 19.1. The molecule has 2 aromatic carbocycles. The molecular weight excluding hydrogens is 245 g/mol. The lowest BCUT2D eigenvalue weighted by molar-refractivity contribution is 0.412. The van der Waals surface area contributed by atoms with Crippen LogP contribution in [0.15, 0.2) is 42.5 Å². The Hall–Kier alpha value is -2.07. The van der Waals surface area contributed by atoms with Gasteiger partial charge in [-0.2, -0.15) is 0 Å². The van der Waals surface area contributed by atoms with Crippen LogP contribution in [-0.2, 0) is 0 Å². The van der Waals surface area contributed by atoms with Gasteiger partial charge in [-0.1, -0.05) is 0 Å². The molecule has 0 saturated carbocycles. The van der Waals surface area contributed by atoms with Crippen LogP contribution in [0.2, 0.25) is 0 Å². The van der Waals surface area contributed by atoms with Gasteiger partial charge in [0.25, 0.3) is 0 Å². The summed E-state index contributed by atoms with van der Waals surface area (Å²) < 4.78 is 24.0. The molecule has 0 aliphatic rings. The first-order chi connectivity index (χ1) is 9.10. The molecule has 0 aliphatic carbocycles. The lowest BCUT2D eigenvalue weighted by Gasteiger charge is -2.14. The molecular formula is C15H16FNO2. The number of methoxy groups -OCH3 is 1. The van der Waals surface area contributed by atoms with Crippen molar-refractivity contribution in [3.8, 4) is 17.2 Å². The third-order valence-corrected chi connectivity index (χ3v) is 2.75. The van der Waals surface area contributed by atoms with Gasteiger partial charge in [-0.15, -0.1) is 0 Å². The summed E-state index contributed by atoms with van der Waals surface area (Å²) in [6.07, 6.45) is 0. The molecule has 2 rings (SSSR count). The zero-order valence-electron chi connectivity index (χ0n) is 10.9. The van der Waals surface area contributed by atoms with Crippen LogP contribution in [0.1, 0.15) is 18.5 Å². The van der Waals surface area contributed by atoms with E-state index in [1.165, 1.54) is 12.1 Å². The second-order valence-corrected chi connectivity index (χ2v) is 4.25. The van der Waals surface area contributed by atoms with Crippen LogP contribution < -0.4 is 15.2 Å². The fourth-order valence-electron chi connectivity index (χ4n) is 1.74. The zero-order valence-corrected chi connectivity index (χ0v) is 10.9. The normalized spacial score (nSPS) is 12.0. The first-order valence-corrected chi connectivity index (χ1v) is 5.97. The maximum absolute atomic E-state index is 13.2. The lowest BCUT2D eigenvalue weighted by Crippen LogP contribution is -2.07. The molecule has 2 N–H and O–H groups in total. The maximum atomic E-state index is 13.2. The topological polar surface area (TPSA) is 44.5 Å². The Labute approximate surface area is 111 Å². The molecule has 1 unspecified atom stereocenters. The number of nitrogens with two attached hydrogens (primary N) is 1. The van der Waals surface area contributed by atoms with Gasteiger partial charge in [-0.25, -0.2) is 4.39 Å². The molecule has 0 saturated heterocycles. The molecule has 3 nitrogen and oxygen atoms in total. The van der Waals surface area contributed by atoms with Crippen molar-refractivity contribution in [2.24, 2.45) is 5.73 Å². The van der Waals surface area contributed by atoms with Gasteiger partial charge in [-0.05, 0) is 49.4 Å². The van der Waals surface area contributed by atoms with E-state index in [-0.39, 0.29) is 11.9 Å². The molecule has 0 amide bonds. The Kier molecular flexibility index (Phi) is 4.02. The minimum atomic E-state index is -0.325. The van der Waals surface area contributed by atoms with Crippen LogP contribution in [0.25, 0.3) is 0 Å². The van der Waals surface area contributed by atoms with Crippen LogP contribution in [-0.4, -0.2) is 7.11 Å². The van der Waals surface area contributed by atoms with E-state index in [2.05, 4.69) is 0 Å². The van der Waals surface area contributed by atoms with E-state index in [0.717, 1.165) is 5.75 Å². The first-order valence-electron chi connectivity index (χ1n) is 5.97. The molecule has 0 radical (unpaired) electrons. The quantitative estimate of drug-likeness (QED) is 0.913. The summed E-state index contributed by atoms with van der Waals surface area (Å²) in [6, 6.07) is 11.2. The highest BCUT2D eigenvalue weighted by Gasteiger charge is 2.10. The third kappa shape index (κ3) is 3.23. The van der Waals surface area contributed by atoms with Crippen LogP contribution in [0.4, 0.5) is 4.39 Å². The van der Waals surface area contributed by atoms with Gasteiger partial charge in [0, 0.05) is 11.6 Å². The molecule has 4 heteroatoms. The predicted octanol–water partition coefficient (Wildman–Crippen LogP) is 3.65. The second-order valence-electron chi connectivity index (χ2n) is 4.25. The van der Waals surface area contributed by atoms with E-state index in [1.807, 2.05) is 0 Å². The van der Waals surface area contributed by atoms with Gasteiger partial charge < -0.3 is 15.2 Å². The lowest BCUT2D eigenvalue weighted by atomic mass is 10.1. The zero-order chi connectivity index (χ0) is 13.8. The van der Waals surface area contributed by atoms with Crippen molar-refractivity contribution in [1.82, 2.24) is 0 Å². The maximum Gasteiger partial charge on any atom is 0.132 e. The van der Waals surface area contributed by atoms with Crippen molar-refractivity contribution < 1.29 is 13.9 Å². The predicted molar refractivity (Wildman–Crippen MR) is 72.1 cm³/mol. The van der Waals surface area contributed by atoms with E-state index >= 15 is 0 Å². The van der Waals surface area contributed by atoms with Gasteiger partial charge in [0.15, 0.2) is 0 Å². The van der Waals surface area contributed by atoms with Gasteiger partial charge in [0.2, 0.25) is 0 Å². The first kappa shape index (κ1) is 13.4. The minimum absolute atomic E-state index is 0.302. The fraction of sp³-hybridized carbons (Fsp3) is 0.200. The number of rotatable bonds is 4. The minimum Gasteiger partial charge on any atom is -0.497 e. The second kappa shape index (κ2) is 5.71. The highest BCUT2D eigenvalue weighted by molar-refractivity contribution is 5.41. The summed E-state index contributed by atoms with van der Waals surface area (Å²) in [5.41, 5.74) is 6.45. The summed E-state index contributed by atoms with van der Waals surface area (Å²) in [7, 11) is 1.60. The SMILES string of the molecule is COc1ccc(Oc2ccc(F)cc2C(C)N)cc1. The average molecular weight is 261 g/mol. The van der Waals surface area contributed by atoms with Gasteiger partial charge in [0.1, 0.15) is 23.1 Å². The summed E-state index contributed by atoms with van der Waals surface area (Å²) in [6.45, 7) is 1.79. The molecule has 0 fully saturated rings. The number of hydrogen-bond donors (Lipinski definition) is 1. The Morgan fingerprint density at radius 2 is 1.68 bits per heavy atom. The van der Waals surface area contributed by atoms with Crippen molar-refractivity contribution in [3.63, 3.8) is 0 Å². The van der Waals surface area contributed by atoms with Crippen molar-refractivity contribution in [3.05, 3.63) is 53.8 Å². The van der Waals surface area contributed by atoms with Gasteiger partial charge >= 0.3 is 0 Å². The molecule has 0 aliphatic heterocycles. The van der Waals surface area contributed by atoms with E-state index in [4.69, 9.17) is 15.2 Å². The van der Waals surface area contributed by atoms with Crippen LogP contribution in [0.5, 0.6) is 17.2 Å². The fourth-order valence-corrected chi connectivity index (χ4v) is 1.74. The number of hydrogen-bond acceptors (Lipinski definition) is 3. The summed E-state index contributed by atoms with van der Waals surface area (Å²) in [4.78, 5) is 0. The standard InChI is InChI=1S/C15H16FNO2/c1-10(17)14-9-11(16)3-8-15(14)19-13-6-4-12(18-2)5-7-13/h3-10H,17H2,1-2H3. The molecule has 19 heavy (non-hydrogen) atoms. The van der Waals surface area contributed by atoms with E-state index in [1.54, 1.807) is 44.4 Å². The van der Waals surface area contributed by atoms with E-state index < -0.39 is 0 Å². The molecule has 0 spiro atoms. The molecule has 0 bridgehead atoms. The Morgan fingerprint density at radius 3 is 2.26 bits per heavy atom. The molecule has 1 atom stereocenters. The largest absolute Gasteiger partial charge is 0.497 e. The summed E-state index contributed by atoms with van der Waals surface area (Å²) in [5.74, 6) is 1.63. The monoisotopic (exact) mass is 261 g/mol. The van der Waals surface area contributed by atoms with Crippen LogP contribution >= 0.6 is 0 Å². The van der Waals surface area contributed by atoms with E-state index in [9.17, 15) is 4.39 Å². The number of halogens is 1. The van der Waals surface area contributed by atoms with Crippen molar-refractivity contribution >= 4 is 0 Å². The van der Waals surface area contributed by atoms with E-state index in [0.29, 0.717) is 17.1 Å². The van der Waals surface area contributed by atoms with Crippen molar-refractivity contribution in [2.45, 2.75) is 13.0 Å². The van der Waals surface area contributed by atoms with Crippen molar-refractivity contribution in [2.75, 3.05) is 7.11 Å². The number of benzene rings is 2. The summed E-state index contributed by atoms with van der Waals surface area (Å²) >= 11 is 0. The molecule has 0 aromatic heterocycles. The Morgan fingerprint density at radius 1 is 1.05 bits per heavy atom. The smallest absolute Gasteiger partial charge is 0.132 e. The Bertz CT molecular complexity index is 553. The Balaban J connectivity index is 2.26. The van der Waals surface area contributed by atoms with Crippen molar-refractivity contribution in [1.29, 1.82) is 0 Å². The summed E-state index contributed by atoms with van der Waals surface area (Å²) in [5, 5.41) is 0.